The molecule has 6 heteroatoms. The maximum atomic E-state index is 12.2. The fourth-order valence-corrected chi connectivity index (χ4v) is 2.21. The summed E-state index contributed by atoms with van der Waals surface area (Å²) < 4.78 is 5.52. The molecule has 0 fully saturated rings. The number of nitrogens with two attached hydrogens (primary N) is 1. The highest BCUT2D eigenvalue weighted by Crippen LogP contribution is 2.24. The zero-order chi connectivity index (χ0) is 15.0. The van der Waals surface area contributed by atoms with Gasteiger partial charge in [0.2, 0.25) is 5.91 Å². The Bertz CT molecular complexity index is 429. The second kappa shape index (κ2) is 9.87. The SMILES string of the molecule is CCC(CC)(CN)C(=O)NCCOc1cccc(Cl)c1.Cl. The summed E-state index contributed by atoms with van der Waals surface area (Å²) in [6.45, 7) is 5.19. The first-order valence-corrected chi connectivity index (χ1v) is 7.32. The zero-order valence-corrected chi connectivity index (χ0v) is 14.1. The van der Waals surface area contributed by atoms with Crippen molar-refractivity contribution in [1.82, 2.24) is 5.32 Å². The molecule has 0 saturated heterocycles. The normalized spacial score (nSPS) is 10.7. The Morgan fingerprint density at radius 1 is 1.38 bits per heavy atom. The Labute approximate surface area is 137 Å². The van der Waals surface area contributed by atoms with Crippen LogP contribution in [0.5, 0.6) is 5.75 Å². The maximum Gasteiger partial charge on any atom is 0.227 e. The molecule has 0 heterocycles. The largest absolute Gasteiger partial charge is 0.492 e. The molecule has 1 aromatic rings. The number of hydrogen-bond acceptors (Lipinski definition) is 3. The van der Waals surface area contributed by atoms with E-state index in [1.165, 1.54) is 0 Å². The molecule has 21 heavy (non-hydrogen) atoms. The molecule has 4 nitrogen and oxygen atoms in total. The fraction of sp³-hybridized carbons (Fsp3) is 0.533. The van der Waals surface area contributed by atoms with Gasteiger partial charge in [-0.3, -0.25) is 4.79 Å². The second-order valence-electron chi connectivity index (χ2n) is 4.75. The van der Waals surface area contributed by atoms with Gasteiger partial charge in [0.25, 0.3) is 0 Å². The summed E-state index contributed by atoms with van der Waals surface area (Å²) in [5.41, 5.74) is 5.27. The number of hydrogen-bond donors (Lipinski definition) is 2. The minimum absolute atomic E-state index is 0. The first-order valence-electron chi connectivity index (χ1n) is 6.94. The van der Waals surface area contributed by atoms with Crippen LogP contribution < -0.4 is 15.8 Å². The van der Waals surface area contributed by atoms with Crippen molar-refractivity contribution in [3.05, 3.63) is 29.3 Å². The minimum Gasteiger partial charge on any atom is -0.492 e. The van der Waals surface area contributed by atoms with Gasteiger partial charge in [-0.2, -0.15) is 0 Å². The topological polar surface area (TPSA) is 64.4 Å². The van der Waals surface area contributed by atoms with E-state index in [4.69, 9.17) is 22.1 Å². The summed E-state index contributed by atoms with van der Waals surface area (Å²) in [6, 6.07) is 7.18. The molecule has 1 rings (SSSR count). The zero-order valence-electron chi connectivity index (χ0n) is 12.5. The molecule has 0 bridgehead atoms. The monoisotopic (exact) mass is 334 g/mol. The van der Waals surface area contributed by atoms with Crippen molar-refractivity contribution < 1.29 is 9.53 Å². The average molecular weight is 335 g/mol. The number of carbonyl (C=O) groups is 1. The van der Waals surface area contributed by atoms with Crippen LogP contribution in [-0.4, -0.2) is 25.6 Å². The van der Waals surface area contributed by atoms with Crippen LogP contribution >= 0.6 is 24.0 Å². The molecule has 0 aliphatic rings. The predicted molar refractivity (Wildman–Crippen MR) is 89.3 cm³/mol. The van der Waals surface area contributed by atoms with Gasteiger partial charge in [-0.1, -0.05) is 31.5 Å². The highest BCUT2D eigenvalue weighted by atomic mass is 35.5. The lowest BCUT2D eigenvalue weighted by Crippen LogP contribution is -2.46. The van der Waals surface area contributed by atoms with Crippen LogP contribution in [0.2, 0.25) is 5.02 Å². The van der Waals surface area contributed by atoms with E-state index in [9.17, 15) is 4.79 Å². The third-order valence-electron chi connectivity index (χ3n) is 3.68. The third kappa shape index (κ3) is 5.73. The lowest BCUT2D eigenvalue weighted by molar-refractivity contribution is -0.131. The van der Waals surface area contributed by atoms with E-state index in [0.717, 1.165) is 12.8 Å². The first-order chi connectivity index (χ1) is 9.57. The molecule has 1 aromatic carbocycles. The summed E-state index contributed by atoms with van der Waals surface area (Å²) in [5.74, 6) is 0.697. The van der Waals surface area contributed by atoms with Crippen LogP contribution in [0, 0.1) is 5.41 Å². The van der Waals surface area contributed by atoms with Gasteiger partial charge in [0.15, 0.2) is 0 Å². The summed E-state index contributed by atoms with van der Waals surface area (Å²) in [6.07, 6.45) is 1.47. The third-order valence-corrected chi connectivity index (χ3v) is 3.91. The van der Waals surface area contributed by atoms with E-state index in [1.54, 1.807) is 12.1 Å². The Morgan fingerprint density at radius 2 is 2.05 bits per heavy atom. The number of nitrogens with one attached hydrogen (secondary N) is 1. The minimum atomic E-state index is -0.462. The van der Waals surface area contributed by atoms with Gasteiger partial charge >= 0.3 is 0 Å². The van der Waals surface area contributed by atoms with Crippen molar-refractivity contribution in [2.24, 2.45) is 11.1 Å². The van der Waals surface area contributed by atoms with Crippen LogP contribution in [0.25, 0.3) is 0 Å². The van der Waals surface area contributed by atoms with E-state index in [2.05, 4.69) is 5.32 Å². The number of carbonyl (C=O) groups excluding carboxylic acids is 1. The summed E-state index contributed by atoms with van der Waals surface area (Å²) in [7, 11) is 0. The second-order valence-corrected chi connectivity index (χ2v) is 5.19. The molecule has 1 amide bonds. The molecule has 3 N–H and O–H groups in total. The van der Waals surface area contributed by atoms with E-state index < -0.39 is 5.41 Å². The number of amides is 1. The molecule has 0 unspecified atom stereocenters. The quantitative estimate of drug-likeness (QED) is 0.718. The molecule has 0 radical (unpaired) electrons. The molecule has 0 aliphatic carbocycles. The highest BCUT2D eigenvalue weighted by molar-refractivity contribution is 6.30. The number of rotatable bonds is 8. The molecule has 0 saturated carbocycles. The lowest BCUT2D eigenvalue weighted by atomic mass is 9.81. The van der Waals surface area contributed by atoms with E-state index in [0.29, 0.717) is 30.5 Å². The smallest absolute Gasteiger partial charge is 0.227 e. The Balaban J connectivity index is 0.00000400. The van der Waals surface area contributed by atoms with Gasteiger partial charge in [0.05, 0.1) is 12.0 Å². The van der Waals surface area contributed by atoms with E-state index in [-0.39, 0.29) is 18.3 Å². The molecular formula is C15H24Cl2N2O2. The van der Waals surface area contributed by atoms with Crippen LogP contribution in [0.15, 0.2) is 24.3 Å². The van der Waals surface area contributed by atoms with E-state index in [1.807, 2.05) is 26.0 Å². The van der Waals surface area contributed by atoms with Crippen molar-refractivity contribution in [1.29, 1.82) is 0 Å². The van der Waals surface area contributed by atoms with Crippen LogP contribution in [0.1, 0.15) is 26.7 Å². The van der Waals surface area contributed by atoms with Crippen molar-refractivity contribution in [2.75, 3.05) is 19.7 Å². The molecular weight excluding hydrogens is 311 g/mol. The average Bonchev–Trinajstić information content (AvgIpc) is 2.46. The number of halogens is 2. The van der Waals surface area contributed by atoms with Crippen molar-refractivity contribution >= 4 is 29.9 Å². The Hall–Kier alpha value is -0.970. The van der Waals surface area contributed by atoms with Gasteiger partial charge < -0.3 is 15.8 Å². The van der Waals surface area contributed by atoms with Crippen molar-refractivity contribution in [3.63, 3.8) is 0 Å². The standard InChI is InChI=1S/C15H23ClN2O2.ClH/c1-3-15(4-2,11-17)14(19)18-8-9-20-13-7-5-6-12(16)10-13;/h5-7,10H,3-4,8-9,11,17H2,1-2H3,(H,18,19);1H. The van der Waals surface area contributed by atoms with Crippen molar-refractivity contribution in [2.45, 2.75) is 26.7 Å². The molecule has 0 atom stereocenters. The van der Waals surface area contributed by atoms with Crippen LogP contribution in [-0.2, 0) is 4.79 Å². The molecule has 0 aliphatic heterocycles. The van der Waals surface area contributed by atoms with Gasteiger partial charge in [0.1, 0.15) is 12.4 Å². The fourth-order valence-electron chi connectivity index (χ4n) is 2.03. The maximum absolute atomic E-state index is 12.2. The predicted octanol–water partition coefficient (Wildman–Crippen LogP) is 3.02. The molecule has 120 valence electrons. The lowest BCUT2D eigenvalue weighted by Gasteiger charge is -2.28. The number of benzene rings is 1. The van der Waals surface area contributed by atoms with Gasteiger partial charge in [-0.05, 0) is 31.0 Å². The van der Waals surface area contributed by atoms with Gasteiger partial charge in [-0.25, -0.2) is 0 Å². The summed E-state index contributed by atoms with van der Waals surface area (Å²) >= 11 is 5.86. The van der Waals surface area contributed by atoms with Gasteiger partial charge in [-0.15, -0.1) is 12.4 Å². The van der Waals surface area contributed by atoms with Gasteiger partial charge in [0, 0.05) is 11.6 Å². The Kier molecular flexibility index (Phi) is 9.42. The summed E-state index contributed by atoms with van der Waals surface area (Å²) in [4.78, 5) is 12.2. The van der Waals surface area contributed by atoms with Crippen molar-refractivity contribution in [3.8, 4) is 5.75 Å². The first kappa shape index (κ1) is 20.0. The van der Waals surface area contributed by atoms with Crippen LogP contribution in [0.4, 0.5) is 0 Å². The number of ether oxygens (including phenoxy) is 1. The molecule has 0 spiro atoms. The van der Waals surface area contributed by atoms with E-state index >= 15 is 0 Å². The highest BCUT2D eigenvalue weighted by Gasteiger charge is 2.32. The molecule has 0 aromatic heterocycles. The summed E-state index contributed by atoms with van der Waals surface area (Å²) in [5, 5.41) is 3.51. The Morgan fingerprint density at radius 3 is 2.57 bits per heavy atom. The van der Waals surface area contributed by atoms with Crippen LogP contribution in [0.3, 0.4) is 0 Å².